The Hall–Kier alpha value is -1.31. The summed E-state index contributed by atoms with van der Waals surface area (Å²) in [5, 5.41) is 0. The van der Waals surface area contributed by atoms with Crippen LogP contribution < -0.4 is 4.74 Å². The fourth-order valence-corrected chi connectivity index (χ4v) is 1.62. The molecule has 0 unspecified atom stereocenters. The van der Waals surface area contributed by atoms with Crippen LogP contribution in [0.2, 0.25) is 0 Å². The Morgan fingerprint density at radius 1 is 1.43 bits per heavy atom. The van der Waals surface area contributed by atoms with Crippen molar-refractivity contribution in [2.75, 3.05) is 6.61 Å². The summed E-state index contributed by atoms with van der Waals surface area (Å²) in [4.78, 5) is 10.7. The minimum absolute atomic E-state index is 0.645. The molecule has 1 saturated carbocycles. The lowest BCUT2D eigenvalue weighted by Gasteiger charge is -2.06. The summed E-state index contributed by atoms with van der Waals surface area (Å²) >= 11 is 0. The molecule has 2 heteroatoms. The molecular formula is C12H14O2. The number of aldehydes is 1. The summed E-state index contributed by atoms with van der Waals surface area (Å²) in [7, 11) is 0. The van der Waals surface area contributed by atoms with E-state index >= 15 is 0 Å². The monoisotopic (exact) mass is 190 g/mol. The second-order valence-corrected chi connectivity index (χ2v) is 3.66. The summed E-state index contributed by atoms with van der Waals surface area (Å²) < 4.78 is 5.41. The van der Waals surface area contributed by atoms with Gasteiger partial charge in [0.1, 0.15) is 12.0 Å². The second kappa shape index (κ2) is 3.82. The highest BCUT2D eigenvalue weighted by atomic mass is 16.5. The number of hydrogen-bond donors (Lipinski definition) is 0. The first-order chi connectivity index (χ1) is 6.83. The lowest BCUT2D eigenvalue weighted by atomic mass is 10.1. The Kier molecular flexibility index (Phi) is 2.53. The van der Waals surface area contributed by atoms with Gasteiger partial charge in [-0.1, -0.05) is 0 Å². The van der Waals surface area contributed by atoms with Crippen molar-refractivity contribution in [3.8, 4) is 5.75 Å². The number of hydrogen-bond acceptors (Lipinski definition) is 2. The van der Waals surface area contributed by atoms with E-state index in [0.717, 1.165) is 17.6 Å². The Morgan fingerprint density at radius 2 is 2.21 bits per heavy atom. The molecule has 1 aromatic rings. The molecule has 0 bridgehead atoms. The molecule has 1 aliphatic carbocycles. The van der Waals surface area contributed by atoms with Crippen LogP contribution in [0.5, 0.6) is 5.75 Å². The minimum atomic E-state index is 0.645. The van der Waals surface area contributed by atoms with Crippen LogP contribution in [0, 0.1) is 0 Å². The lowest BCUT2D eigenvalue weighted by Crippen LogP contribution is -1.94. The van der Waals surface area contributed by atoms with Gasteiger partial charge in [0.15, 0.2) is 0 Å². The van der Waals surface area contributed by atoms with E-state index < -0.39 is 0 Å². The van der Waals surface area contributed by atoms with E-state index in [9.17, 15) is 4.79 Å². The van der Waals surface area contributed by atoms with Gasteiger partial charge < -0.3 is 4.74 Å². The smallest absolute Gasteiger partial charge is 0.150 e. The highest BCUT2D eigenvalue weighted by Crippen LogP contribution is 2.41. The topological polar surface area (TPSA) is 26.3 Å². The van der Waals surface area contributed by atoms with Gasteiger partial charge in [-0.05, 0) is 49.4 Å². The Bertz CT molecular complexity index is 340. The molecule has 74 valence electrons. The average molecular weight is 190 g/mol. The van der Waals surface area contributed by atoms with E-state index in [1.165, 1.54) is 18.4 Å². The van der Waals surface area contributed by atoms with Crippen molar-refractivity contribution in [3.05, 3.63) is 29.3 Å². The van der Waals surface area contributed by atoms with E-state index in [4.69, 9.17) is 4.74 Å². The predicted octanol–water partition coefficient (Wildman–Crippen LogP) is 2.78. The van der Waals surface area contributed by atoms with Gasteiger partial charge in [0.05, 0.1) is 6.61 Å². The molecule has 0 aromatic heterocycles. The van der Waals surface area contributed by atoms with Crippen LogP contribution in [-0.2, 0) is 0 Å². The maximum absolute atomic E-state index is 10.7. The first kappa shape index (κ1) is 9.25. The van der Waals surface area contributed by atoms with E-state index in [0.29, 0.717) is 12.5 Å². The summed E-state index contributed by atoms with van der Waals surface area (Å²) in [5.74, 6) is 1.48. The summed E-state index contributed by atoms with van der Waals surface area (Å²) in [6, 6.07) is 5.81. The van der Waals surface area contributed by atoms with Crippen LogP contribution in [0.15, 0.2) is 18.2 Å². The summed E-state index contributed by atoms with van der Waals surface area (Å²) in [6.45, 7) is 2.59. The normalized spacial score (nSPS) is 15.2. The fourth-order valence-electron chi connectivity index (χ4n) is 1.62. The molecule has 1 aliphatic rings. The van der Waals surface area contributed by atoms with Crippen LogP contribution in [-0.4, -0.2) is 12.9 Å². The van der Waals surface area contributed by atoms with Crippen molar-refractivity contribution in [2.24, 2.45) is 0 Å². The van der Waals surface area contributed by atoms with Gasteiger partial charge in [-0.2, -0.15) is 0 Å². The quantitative estimate of drug-likeness (QED) is 0.682. The standard InChI is InChI=1S/C12H14O2/c1-2-14-12-6-9(8-13)5-11(7-12)10-3-4-10/h5-8,10H,2-4H2,1H3. The molecule has 1 fully saturated rings. The van der Waals surface area contributed by atoms with Crippen LogP contribution >= 0.6 is 0 Å². The molecule has 14 heavy (non-hydrogen) atoms. The fraction of sp³-hybridized carbons (Fsp3) is 0.417. The van der Waals surface area contributed by atoms with Crippen molar-refractivity contribution < 1.29 is 9.53 Å². The lowest BCUT2D eigenvalue weighted by molar-refractivity contribution is 0.112. The molecular weight excluding hydrogens is 176 g/mol. The molecule has 0 radical (unpaired) electrons. The van der Waals surface area contributed by atoms with Crippen molar-refractivity contribution in [2.45, 2.75) is 25.7 Å². The molecule has 1 aromatic carbocycles. The number of carbonyl (C=O) groups is 1. The maximum Gasteiger partial charge on any atom is 0.150 e. The molecule has 0 saturated heterocycles. The molecule has 0 amide bonds. The molecule has 0 spiro atoms. The van der Waals surface area contributed by atoms with E-state index in [2.05, 4.69) is 0 Å². The van der Waals surface area contributed by atoms with E-state index in [1.807, 2.05) is 19.1 Å². The van der Waals surface area contributed by atoms with Crippen molar-refractivity contribution >= 4 is 6.29 Å². The average Bonchev–Trinajstić information content (AvgIpc) is 3.01. The maximum atomic E-state index is 10.7. The molecule has 0 aliphatic heterocycles. The highest BCUT2D eigenvalue weighted by molar-refractivity contribution is 5.76. The first-order valence-electron chi connectivity index (χ1n) is 5.06. The van der Waals surface area contributed by atoms with Gasteiger partial charge >= 0.3 is 0 Å². The van der Waals surface area contributed by atoms with Crippen molar-refractivity contribution in [1.82, 2.24) is 0 Å². The van der Waals surface area contributed by atoms with Crippen LogP contribution in [0.3, 0.4) is 0 Å². The van der Waals surface area contributed by atoms with Gasteiger partial charge in [0.25, 0.3) is 0 Å². The molecule has 0 N–H and O–H groups in total. The van der Waals surface area contributed by atoms with Crippen molar-refractivity contribution in [3.63, 3.8) is 0 Å². The van der Waals surface area contributed by atoms with E-state index in [-0.39, 0.29) is 0 Å². The van der Waals surface area contributed by atoms with Gasteiger partial charge in [0.2, 0.25) is 0 Å². The zero-order valence-corrected chi connectivity index (χ0v) is 8.32. The van der Waals surface area contributed by atoms with Gasteiger partial charge in [-0.3, -0.25) is 4.79 Å². The molecule has 0 atom stereocenters. The van der Waals surface area contributed by atoms with Crippen LogP contribution in [0.1, 0.15) is 41.6 Å². The third-order valence-electron chi connectivity index (χ3n) is 2.45. The summed E-state index contributed by atoms with van der Waals surface area (Å²) in [5.41, 5.74) is 1.97. The number of ether oxygens (including phenoxy) is 1. The minimum Gasteiger partial charge on any atom is -0.494 e. The van der Waals surface area contributed by atoms with E-state index in [1.54, 1.807) is 6.07 Å². The summed E-state index contributed by atoms with van der Waals surface area (Å²) in [6.07, 6.45) is 3.37. The largest absolute Gasteiger partial charge is 0.494 e. The molecule has 2 nitrogen and oxygen atoms in total. The SMILES string of the molecule is CCOc1cc(C=O)cc(C2CC2)c1. The highest BCUT2D eigenvalue weighted by Gasteiger charge is 2.24. The third kappa shape index (κ3) is 1.95. The number of rotatable bonds is 4. The first-order valence-corrected chi connectivity index (χ1v) is 5.06. The number of carbonyl (C=O) groups excluding carboxylic acids is 1. The van der Waals surface area contributed by atoms with Gasteiger partial charge in [-0.15, -0.1) is 0 Å². The van der Waals surface area contributed by atoms with Gasteiger partial charge in [0, 0.05) is 5.56 Å². The predicted molar refractivity (Wildman–Crippen MR) is 55.0 cm³/mol. The van der Waals surface area contributed by atoms with Gasteiger partial charge in [-0.25, -0.2) is 0 Å². The van der Waals surface area contributed by atoms with Crippen LogP contribution in [0.25, 0.3) is 0 Å². The number of benzene rings is 1. The van der Waals surface area contributed by atoms with Crippen LogP contribution in [0.4, 0.5) is 0 Å². The zero-order valence-electron chi connectivity index (χ0n) is 8.32. The Morgan fingerprint density at radius 3 is 2.79 bits per heavy atom. The zero-order chi connectivity index (χ0) is 9.97. The Labute approximate surface area is 83.9 Å². The second-order valence-electron chi connectivity index (χ2n) is 3.66. The third-order valence-corrected chi connectivity index (χ3v) is 2.45. The Balaban J connectivity index is 2.30. The van der Waals surface area contributed by atoms with Crippen molar-refractivity contribution in [1.29, 1.82) is 0 Å². The molecule has 2 rings (SSSR count). The molecule has 0 heterocycles.